The molecule has 2 fully saturated rings. The highest BCUT2D eigenvalue weighted by molar-refractivity contribution is 5.80. The molecule has 0 aliphatic carbocycles. The molecule has 0 radical (unpaired) electrons. The number of para-hydroxylation sites is 1. The van der Waals surface area contributed by atoms with Crippen molar-refractivity contribution in [2.75, 3.05) is 24.5 Å². The van der Waals surface area contributed by atoms with Crippen molar-refractivity contribution in [2.24, 2.45) is 11.8 Å². The van der Waals surface area contributed by atoms with Gasteiger partial charge in [-0.05, 0) is 36.5 Å². The Kier molecular flexibility index (Phi) is 2.88. The van der Waals surface area contributed by atoms with Crippen molar-refractivity contribution in [2.45, 2.75) is 19.4 Å². The van der Waals surface area contributed by atoms with E-state index in [4.69, 9.17) is 4.98 Å². The molecule has 1 aromatic heterocycles. The fraction of sp³-hybridized carbons (Fsp3) is 0.471. The number of hydrogen-bond acceptors (Lipinski definition) is 3. The van der Waals surface area contributed by atoms with Crippen LogP contribution in [0, 0.1) is 11.8 Å². The first kappa shape index (κ1) is 12.2. The lowest BCUT2D eigenvalue weighted by molar-refractivity contribution is 0.441. The summed E-state index contributed by atoms with van der Waals surface area (Å²) < 4.78 is 0. The van der Waals surface area contributed by atoms with Crippen LogP contribution in [0.2, 0.25) is 0 Å². The quantitative estimate of drug-likeness (QED) is 0.906. The molecule has 2 aliphatic heterocycles. The van der Waals surface area contributed by atoms with Crippen LogP contribution in [0.1, 0.15) is 13.3 Å². The van der Waals surface area contributed by atoms with Gasteiger partial charge >= 0.3 is 0 Å². The van der Waals surface area contributed by atoms with Crippen LogP contribution in [-0.4, -0.2) is 30.7 Å². The molecular weight excluding hydrogens is 246 g/mol. The Labute approximate surface area is 120 Å². The lowest BCUT2D eigenvalue weighted by Crippen LogP contribution is -2.35. The third-order valence-corrected chi connectivity index (χ3v) is 5.01. The van der Waals surface area contributed by atoms with E-state index in [9.17, 15) is 0 Å². The number of anilines is 1. The summed E-state index contributed by atoms with van der Waals surface area (Å²) in [5, 5.41) is 4.77. The largest absolute Gasteiger partial charge is 0.353 e. The number of aromatic nitrogens is 1. The number of fused-ring (bicyclic) bond motifs is 2. The minimum Gasteiger partial charge on any atom is -0.353 e. The predicted molar refractivity (Wildman–Crippen MR) is 83.0 cm³/mol. The van der Waals surface area contributed by atoms with Gasteiger partial charge in [0.05, 0.1) is 5.52 Å². The second-order valence-corrected chi connectivity index (χ2v) is 6.07. The Bertz CT molecular complexity index is 624. The first-order chi connectivity index (χ1) is 9.86. The van der Waals surface area contributed by atoms with Crippen molar-refractivity contribution < 1.29 is 0 Å². The Balaban J connectivity index is 1.71. The molecule has 2 saturated heterocycles. The fourth-order valence-electron chi connectivity index (χ4n) is 4.02. The Hall–Kier alpha value is -1.61. The first-order valence-electron chi connectivity index (χ1n) is 7.70. The molecule has 2 aromatic rings. The van der Waals surface area contributed by atoms with E-state index in [1.807, 2.05) is 0 Å². The number of hydrogen-bond donors (Lipinski definition) is 1. The third kappa shape index (κ3) is 1.80. The summed E-state index contributed by atoms with van der Waals surface area (Å²) in [6.07, 6.45) is 1.21. The average molecular weight is 267 g/mol. The maximum Gasteiger partial charge on any atom is 0.129 e. The van der Waals surface area contributed by atoms with Crippen LogP contribution in [0.15, 0.2) is 36.4 Å². The van der Waals surface area contributed by atoms with E-state index in [-0.39, 0.29) is 0 Å². The van der Waals surface area contributed by atoms with Gasteiger partial charge in [0, 0.05) is 31.1 Å². The molecule has 3 atom stereocenters. The monoisotopic (exact) mass is 267 g/mol. The van der Waals surface area contributed by atoms with Crippen LogP contribution in [0.3, 0.4) is 0 Å². The lowest BCUT2D eigenvalue weighted by Gasteiger charge is -2.28. The van der Waals surface area contributed by atoms with Crippen molar-refractivity contribution >= 4 is 16.7 Å². The van der Waals surface area contributed by atoms with Gasteiger partial charge in [-0.3, -0.25) is 0 Å². The van der Waals surface area contributed by atoms with Crippen molar-refractivity contribution in [1.29, 1.82) is 0 Å². The van der Waals surface area contributed by atoms with E-state index in [1.54, 1.807) is 0 Å². The van der Waals surface area contributed by atoms with Crippen molar-refractivity contribution in [3.63, 3.8) is 0 Å². The van der Waals surface area contributed by atoms with Crippen molar-refractivity contribution in [3.8, 4) is 0 Å². The fourth-order valence-corrected chi connectivity index (χ4v) is 4.02. The summed E-state index contributed by atoms with van der Waals surface area (Å²) in [7, 11) is 0. The second kappa shape index (κ2) is 4.74. The van der Waals surface area contributed by atoms with Gasteiger partial charge in [-0.25, -0.2) is 4.98 Å². The van der Waals surface area contributed by atoms with E-state index in [2.05, 4.69) is 53.5 Å². The van der Waals surface area contributed by atoms with Crippen LogP contribution >= 0.6 is 0 Å². The van der Waals surface area contributed by atoms with Crippen molar-refractivity contribution in [1.82, 2.24) is 10.3 Å². The van der Waals surface area contributed by atoms with Crippen molar-refractivity contribution in [3.05, 3.63) is 36.4 Å². The molecule has 3 heteroatoms. The van der Waals surface area contributed by atoms with Gasteiger partial charge in [0.15, 0.2) is 0 Å². The Morgan fingerprint density at radius 3 is 3.00 bits per heavy atom. The molecule has 20 heavy (non-hydrogen) atoms. The second-order valence-electron chi connectivity index (χ2n) is 6.07. The third-order valence-electron chi connectivity index (χ3n) is 5.01. The van der Waals surface area contributed by atoms with Crippen LogP contribution in [0.4, 0.5) is 5.82 Å². The molecule has 0 saturated carbocycles. The average Bonchev–Trinajstić information content (AvgIpc) is 3.07. The highest BCUT2D eigenvalue weighted by atomic mass is 15.3. The SMILES string of the molecule is CCC1C2CNCC2CN1c1ccc2ccccc2n1. The summed E-state index contributed by atoms with van der Waals surface area (Å²) in [5.74, 6) is 2.76. The molecule has 2 aliphatic rings. The van der Waals surface area contributed by atoms with Gasteiger partial charge in [0.25, 0.3) is 0 Å². The predicted octanol–water partition coefficient (Wildman–Crippen LogP) is 2.67. The van der Waals surface area contributed by atoms with Gasteiger partial charge in [-0.2, -0.15) is 0 Å². The summed E-state index contributed by atoms with van der Waals surface area (Å²) in [4.78, 5) is 7.43. The van der Waals surface area contributed by atoms with Gasteiger partial charge in [0.1, 0.15) is 5.82 Å². The summed E-state index contributed by atoms with van der Waals surface area (Å²) in [5.41, 5.74) is 1.11. The van der Waals surface area contributed by atoms with Gasteiger partial charge in [-0.1, -0.05) is 25.1 Å². The zero-order valence-electron chi connectivity index (χ0n) is 11.9. The molecule has 3 heterocycles. The number of pyridine rings is 1. The molecule has 3 nitrogen and oxygen atoms in total. The van der Waals surface area contributed by atoms with Crippen LogP contribution in [-0.2, 0) is 0 Å². The van der Waals surface area contributed by atoms with E-state index < -0.39 is 0 Å². The number of rotatable bonds is 2. The Morgan fingerprint density at radius 1 is 1.20 bits per heavy atom. The van der Waals surface area contributed by atoms with Crippen LogP contribution in [0.25, 0.3) is 10.9 Å². The normalized spacial score (nSPS) is 29.1. The first-order valence-corrected chi connectivity index (χ1v) is 7.70. The highest BCUT2D eigenvalue weighted by Gasteiger charge is 2.43. The maximum atomic E-state index is 4.89. The minimum atomic E-state index is 0.642. The smallest absolute Gasteiger partial charge is 0.129 e. The minimum absolute atomic E-state index is 0.642. The summed E-state index contributed by atoms with van der Waals surface area (Å²) in [6, 6.07) is 13.4. The number of benzene rings is 1. The molecule has 0 spiro atoms. The Morgan fingerprint density at radius 2 is 2.10 bits per heavy atom. The van der Waals surface area contributed by atoms with E-state index >= 15 is 0 Å². The molecular formula is C17H21N3. The topological polar surface area (TPSA) is 28.2 Å². The maximum absolute atomic E-state index is 4.89. The van der Waals surface area contributed by atoms with E-state index in [0.29, 0.717) is 6.04 Å². The molecule has 0 amide bonds. The molecule has 1 aromatic carbocycles. The standard InChI is InChI=1S/C17H21N3/c1-2-16-14-10-18-9-13(14)11-20(16)17-8-7-12-5-3-4-6-15(12)19-17/h3-8,13-14,16,18H,2,9-11H2,1H3. The van der Waals surface area contributed by atoms with E-state index in [1.165, 1.54) is 24.9 Å². The highest BCUT2D eigenvalue weighted by Crippen LogP contribution is 2.37. The molecule has 104 valence electrons. The van der Waals surface area contributed by atoms with Gasteiger partial charge < -0.3 is 10.2 Å². The van der Waals surface area contributed by atoms with E-state index in [0.717, 1.165) is 29.7 Å². The molecule has 0 bridgehead atoms. The number of nitrogens with zero attached hydrogens (tertiary/aromatic N) is 2. The van der Waals surface area contributed by atoms with Crippen LogP contribution < -0.4 is 10.2 Å². The molecule has 1 N–H and O–H groups in total. The van der Waals surface area contributed by atoms with Gasteiger partial charge in [-0.15, -0.1) is 0 Å². The molecule has 3 unspecified atom stereocenters. The summed E-state index contributed by atoms with van der Waals surface area (Å²) >= 11 is 0. The van der Waals surface area contributed by atoms with Gasteiger partial charge in [0.2, 0.25) is 0 Å². The summed E-state index contributed by atoms with van der Waals surface area (Å²) in [6.45, 7) is 5.80. The lowest BCUT2D eigenvalue weighted by atomic mass is 9.93. The zero-order chi connectivity index (χ0) is 13.5. The zero-order valence-corrected chi connectivity index (χ0v) is 11.9. The van der Waals surface area contributed by atoms with Crippen LogP contribution in [0.5, 0.6) is 0 Å². The number of nitrogens with one attached hydrogen (secondary N) is 1. The molecule has 4 rings (SSSR count).